The molecule has 0 atom stereocenters. The predicted octanol–water partition coefficient (Wildman–Crippen LogP) is 6.02. The van der Waals surface area contributed by atoms with E-state index in [1.54, 1.807) is 0 Å². The molecule has 0 aliphatic carbocycles. The third kappa shape index (κ3) is 3.37. The minimum atomic E-state index is 0.0817. The highest BCUT2D eigenvalue weighted by atomic mass is 14.3. The highest BCUT2D eigenvalue weighted by Gasteiger charge is 2.31. The van der Waals surface area contributed by atoms with E-state index < -0.39 is 0 Å². The summed E-state index contributed by atoms with van der Waals surface area (Å²) >= 11 is 0. The molecule has 0 amide bonds. The van der Waals surface area contributed by atoms with Gasteiger partial charge in [0, 0.05) is 5.41 Å². The van der Waals surface area contributed by atoms with E-state index in [1.165, 1.54) is 16.7 Å². The number of hydrogen-bond donors (Lipinski definition) is 0. The lowest BCUT2D eigenvalue weighted by molar-refractivity contribution is 0.456. The number of hydrogen-bond acceptors (Lipinski definition) is 0. The Morgan fingerprint density at radius 3 is 1.48 bits per heavy atom. The highest BCUT2D eigenvalue weighted by Crippen LogP contribution is 2.39. The van der Waals surface area contributed by atoms with E-state index in [2.05, 4.69) is 97.9 Å². The molecule has 0 aliphatic heterocycles. The van der Waals surface area contributed by atoms with Crippen LogP contribution < -0.4 is 0 Å². The maximum atomic E-state index is 2.31. The zero-order valence-electron chi connectivity index (χ0n) is 13.8. The highest BCUT2D eigenvalue weighted by molar-refractivity contribution is 5.39. The van der Waals surface area contributed by atoms with Crippen LogP contribution in [0.3, 0.4) is 0 Å². The molecule has 0 radical (unpaired) electrons. The van der Waals surface area contributed by atoms with Crippen molar-refractivity contribution in [3.63, 3.8) is 0 Å². The molecule has 0 spiro atoms. The van der Waals surface area contributed by atoms with Crippen molar-refractivity contribution in [2.24, 2.45) is 0 Å². The minimum absolute atomic E-state index is 0.0817. The van der Waals surface area contributed by atoms with Crippen LogP contribution >= 0.6 is 0 Å². The van der Waals surface area contributed by atoms with Crippen LogP contribution in [0.2, 0.25) is 0 Å². The first kappa shape index (κ1) is 15.6. The fourth-order valence-electron chi connectivity index (χ4n) is 3.56. The van der Waals surface area contributed by atoms with Gasteiger partial charge in [-0.05, 0) is 36.0 Å². The SMILES string of the molecule is CCC(CCc1ccccc1)(c1ccccc1)c1ccccc1. The Hall–Kier alpha value is -2.34. The summed E-state index contributed by atoms with van der Waals surface area (Å²) in [6.07, 6.45) is 3.33. The van der Waals surface area contributed by atoms with Gasteiger partial charge in [-0.3, -0.25) is 0 Å². The molecule has 0 aliphatic rings. The van der Waals surface area contributed by atoms with Crippen molar-refractivity contribution in [1.82, 2.24) is 0 Å². The van der Waals surface area contributed by atoms with Crippen molar-refractivity contribution < 1.29 is 0 Å². The third-order valence-electron chi connectivity index (χ3n) is 4.94. The molecule has 0 nitrogen and oxygen atoms in total. The van der Waals surface area contributed by atoms with Crippen LogP contribution in [0.4, 0.5) is 0 Å². The normalized spacial score (nSPS) is 11.3. The number of aryl methyl sites for hydroxylation is 1. The van der Waals surface area contributed by atoms with Gasteiger partial charge in [0.1, 0.15) is 0 Å². The predicted molar refractivity (Wildman–Crippen MR) is 98.7 cm³/mol. The van der Waals surface area contributed by atoms with Crippen LogP contribution in [0, 0.1) is 0 Å². The molecule has 0 heterocycles. The average Bonchev–Trinajstić information content (AvgIpc) is 2.65. The lowest BCUT2D eigenvalue weighted by atomic mass is 9.69. The molecule has 23 heavy (non-hydrogen) atoms. The van der Waals surface area contributed by atoms with E-state index in [4.69, 9.17) is 0 Å². The second-order valence-corrected chi connectivity index (χ2v) is 6.15. The molecule has 0 N–H and O–H groups in total. The van der Waals surface area contributed by atoms with Crippen molar-refractivity contribution in [2.75, 3.05) is 0 Å². The monoisotopic (exact) mass is 300 g/mol. The van der Waals surface area contributed by atoms with Crippen molar-refractivity contribution in [3.05, 3.63) is 108 Å². The molecule has 0 saturated heterocycles. The van der Waals surface area contributed by atoms with Gasteiger partial charge in [0.2, 0.25) is 0 Å². The van der Waals surface area contributed by atoms with E-state index in [0.717, 1.165) is 19.3 Å². The second-order valence-electron chi connectivity index (χ2n) is 6.15. The van der Waals surface area contributed by atoms with Gasteiger partial charge < -0.3 is 0 Å². The summed E-state index contributed by atoms with van der Waals surface area (Å²) in [5.41, 5.74) is 4.34. The molecule has 0 unspecified atom stereocenters. The van der Waals surface area contributed by atoms with Gasteiger partial charge in [0.25, 0.3) is 0 Å². The summed E-state index contributed by atoms with van der Waals surface area (Å²) in [5.74, 6) is 0. The van der Waals surface area contributed by atoms with Crippen LogP contribution in [0.25, 0.3) is 0 Å². The Kier molecular flexibility index (Phi) is 4.92. The smallest absolute Gasteiger partial charge is 0.0203 e. The molecule has 0 bridgehead atoms. The first-order valence-corrected chi connectivity index (χ1v) is 8.50. The van der Waals surface area contributed by atoms with Gasteiger partial charge in [-0.15, -0.1) is 0 Å². The Balaban J connectivity index is 1.99. The largest absolute Gasteiger partial charge is 0.0642 e. The first-order chi connectivity index (χ1) is 11.3. The number of benzene rings is 3. The van der Waals surface area contributed by atoms with Crippen LogP contribution in [0.1, 0.15) is 36.5 Å². The average molecular weight is 300 g/mol. The van der Waals surface area contributed by atoms with E-state index in [-0.39, 0.29) is 5.41 Å². The van der Waals surface area contributed by atoms with E-state index >= 15 is 0 Å². The Morgan fingerprint density at radius 1 is 0.609 bits per heavy atom. The number of rotatable bonds is 6. The molecular formula is C23H24. The maximum Gasteiger partial charge on any atom is 0.0203 e. The molecule has 116 valence electrons. The van der Waals surface area contributed by atoms with Crippen LogP contribution in [0.15, 0.2) is 91.0 Å². The van der Waals surface area contributed by atoms with E-state index in [9.17, 15) is 0 Å². The third-order valence-corrected chi connectivity index (χ3v) is 4.94. The fourth-order valence-corrected chi connectivity index (χ4v) is 3.56. The maximum absolute atomic E-state index is 2.31. The summed E-state index contributed by atoms with van der Waals surface area (Å²) in [7, 11) is 0. The zero-order chi connectivity index (χ0) is 16.0. The quantitative estimate of drug-likeness (QED) is 0.522. The Bertz CT molecular complexity index is 659. The van der Waals surface area contributed by atoms with Crippen molar-refractivity contribution in [2.45, 2.75) is 31.6 Å². The van der Waals surface area contributed by atoms with Crippen molar-refractivity contribution in [3.8, 4) is 0 Å². The van der Waals surface area contributed by atoms with Gasteiger partial charge in [0.15, 0.2) is 0 Å². The van der Waals surface area contributed by atoms with Crippen molar-refractivity contribution in [1.29, 1.82) is 0 Å². The van der Waals surface area contributed by atoms with Gasteiger partial charge in [-0.1, -0.05) is 97.9 Å². The molecule has 3 rings (SSSR count). The summed E-state index contributed by atoms with van der Waals surface area (Å²) in [4.78, 5) is 0. The standard InChI is InChI=1S/C23H24/c1-2-23(21-14-8-4-9-15-21,22-16-10-5-11-17-22)19-18-20-12-6-3-7-13-20/h3-17H,2,18-19H2,1H3. The van der Waals surface area contributed by atoms with Crippen LogP contribution in [-0.4, -0.2) is 0 Å². The molecule has 0 saturated carbocycles. The topological polar surface area (TPSA) is 0 Å². The van der Waals surface area contributed by atoms with Gasteiger partial charge in [-0.25, -0.2) is 0 Å². The Labute approximate surface area is 139 Å². The molecule has 0 heteroatoms. The first-order valence-electron chi connectivity index (χ1n) is 8.50. The van der Waals surface area contributed by atoms with Gasteiger partial charge in [0.05, 0.1) is 0 Å². The lowest BCUT2D eigenvalue weighted by Gasteiger charge is -2.34. The Morgan fingerprint density at radius 2 is 1.04 bits per heavy atom. The van der Waals surface area contributed by atoms with Crippen LogP contribution in [-0.2, 0) is 11.8 Å². The summed E-state index contributed by atoms with van der Waals surface area (Å²) < 4.78 is 0. The summed E-state index contributed by atoms with van der Waals surface area (Å²) in [6, 6.07) is 32.8. The van der Waals surface area contributed by atoms with Crippen LogP contribution in [0.5, 0.6) is 0 Å². The lowest BCUT2D eigenvalue weighted by Crippen LogP contribution is -2.27. The van der Waals surface area contributed by atoms with Gasteiger partial charge >= 0.3 is 0 Å². The molecule has 0 fully saturated rings. The van der Waals surface area contributed by atoms with Crippen molar-refractivity contribution >= 4 is 0 Å². The van der Waals surface area contributed by atoms with E-state index in [0.29, 0.717) is 0 Å². The molecule has 0 aromatic heterocycles. The zero-order valence-corrected chi connectivity index (χ0v) is 13.8. The molecular weight excluding hydrogens is 276 g/mol. The second kappa shape index (κ2) is 7.28. The minimum Gasteiger partial charge on any atom is -0.0642 e. The van der Waals surface area contributed by atoms with Gasteiger partial charge in [-0.2, -0.15) is 0 Å². The van der Waals surface area contributed by atoms with E-state index in [1.807, 2.05) is 0 Å². The molecule has 3 aromatic carbocycles. The molecule has 3 aromatic rings. The summed E-state index contributed by atoms with van der Waals surface area (Å²) in [6.45, 7) is 2.31. The fraction of sp³-hybridized carbons (Fsp3) is 0.217. The summed E-state index contributed by atoms with van der Waals surface area (Å²) in [5, 5.41) is 0.